The predicted molar refractivity (Wildman–Crippen MR) is 133 cm³/mol. The minimum atomic E-state index is -2.52. The summed E-state index contributed by atoms with van der Waals surface area (Å²) in [5, 5.41) is 10.5. The zero-order valence-corrected chi connectivity index (χ0v) is 21.3. The number of carbonyl (C=O) groups is 1. The minimum absolute atomic E-state index is 0.0107. The Morgan fingerprint density at radius 1 is 1.14 bits per heavy atom. The van der Waals surface area contributed by atoms with Crippen LogP contribution in [0.1, 0.15) is 77.7 Å². The Hall–Kier alpha value is -2.15. The molecule has 1 aromatic carbocycles. The van der Waals surface area contributed by atoms with Gasteiger partial charge in [-0.3, -0.25) is 19.7 Å². The van der Waals surface area contributed by atoms with Crippen LogP contribution >= 0.6 is 0 Å². The molecular weight excluding hydrogens is 448 g/mol. The Kier molecular flexibility index (Phi) is 7.46. The highest BCUT2D eigenvalue weighted by atomic mass is 19.3. The number of carboxylic acids is 1. The maximum atomic E-state index is 13.5. The number of hydrogen-bond acceptors (Lipinski definition) is 4. The molecule has 0 radical (unpaired) electrons. The van der Waals surface area contributed by atoms with E-state index in [1.54, 1.807) is 12.4 Å². The number of halogens is 2. The van der Waals surface area contributed by atoms with Crippen LogP contribution in [0.4, 0.5) is 8.78 Å². The normalized spacial score (nSPS) is 26.1. The molecule has 0 bridgehead atoms. The molecule has 1 aliphatic heterocycles. The van der Waals surface area contributed by atoms with Crippen LogP contribution in [0.5, 0.6) is 0 Å². The van der Waals surface area contributed by atoms with Gasteiger partial charge in [0.05, 0.1) is 16.4 Å². The van der Waals surface area contributed by atoms with Crippen molar-refractivity contribution >= 4 is 17.0 Å². The summed E-state index contributed by atoms with van der Waals surface area (Å²) in [6.07, 6.45) is 7.29. The van der Waals surface area contributed by atoms with Gasteiger partial charge in [0, 0.05) is 44.9 Å². The summed E-state index contributed by atoms with van der Waals surface area (Å²) < 4.78 is 27.1. The number of nitrogens with zero attached hydrogens (tertiary/aromatic N) is 3. The zero-order valence-electron chi connectivity index (χ0n) is 21.3. The van der Waals surface area contributed by atoms with Crippen LogP contribution < -0.4 is 0 Å². The second-order valence-corrected chi connectivity index (χ2v) is 12.1. The van der Waals surface area contributed by atoms with Gasteiger partial charge in [0.15, 0.2) is 0 Å². The molecule has 1 aromatic heterocycles. The van der Waals surface area contributed by atoms with E-state index in [-0.39, 0.29) is 30.1 Å². The van der Waals surface area contributed by atoms with E-state index in [0.717, 1.165) is 36.0 Å². The average Bonchev–Trinajstić information content (AvgIpc) is 2.79. The molecule has 1 saturated carbocycles. The van der Waals surface area contributed by atoms with Crippen molar-refractivity contribution in [3.05, 3.63) is 36.2 Å². The summed E-state index contributed by atoms with van der Waals surface area (Å²) >= 11 is 0. The summed E-state index contributed by atoms with van der Waals surface area (Å²) in [4.78, 5) is 23.8. The fraction of sp³-hybridized carbons (Fsp3) is 0.679. The number of carboxylic acid groups (broad SMARTS) is 1. The molecule has 192 valence electrons. The van der Waals surface area contributed by atoms with Crippen LogP contribution in [0.15, 0.2) is 30.6 Å². The third-order valence-electron chi connectivity index (χ3n) is 8.36. The van der Waals surface area contributed by atoms with Gasteiger partial charge in [0.2, 0.25) is 5.92 Å². The second kappa shape index (κ2) is 10.1. The lowest BCUT2D eigenvalue weighted by Crippen LogP contribution is -2.53. The first-order chi connectivity index (χ1) is 16.5. The van der Waals surface area contributed by atoms with E-state index in [0.29, 0.717) is 38.8 Å². The molecule has 2 aromatic rings. The van der Waals surface area contributed by atoms with Gasteiger partial charge in [-0.05, 0) is 60.6 Å². The van der Waals surface area contributed by atoms with Gasteiger partial charge in [-0.2, -0.15) is 0 Å². The third-order valence-corrected chi connectivity index (χ3v) is 8.36. The van der Waals surface area contributed by atoms with E-state index in [1.807, 2.05) is 12.1 Å². The lowest BCUT2D eigenvalue weighted by molar-refractivity contribution is -0.157. The van der Waals surface area contributed by atoms with Crippen molar-refractivity contribution in [2.45, 2.75) is 84.6 Å². The molecule has 2 fully saturated rings. The van der Waals surface area contributed by atoms with Gasteiger partial charge in [-0.15, -0.1) is 0 Å². The van der Waals surface area contributed by atoms with Crippen LogP contribution in [-0.2, 0) is 11.3 Å². The highest BCUT2D eigenvalue weighted by molar-refractivity contribution is 5.75. The maximum Gasteiger partial charge on any atom is 0.310 e. The smallest absolute Gasteiger partial charge is 0.310 e. The first kappa shape index (κ1) is 25.9. The van der Waals surface area contributed by atoms with Crippen molar-refractivity contribution in [1.82, 2.24) is 14.9 Å². The molecule has 0 spiro atoms. The lowest BCUT2D eigenvalue weighted by atomic mass is 9.65. The van der Waals surface area contributed by atoms with E-state index in [1.165, 1.54) is 0 Å². The standard InChI is InChI=1S/C28H39F2N3O2/c1-26(2,3)22-16-27(25(34)35,10-4-5-20-8-11-28(29,30)12-9-20)19-33(18-22)17-21-6-7-23-24(15-21)32-14-13-31-23/h6-7,13-15,20,22H,4-5,8-12,16-19H2,1-3H3,(H,34,35)/t22-,27-/m1/s1. The largest absolute Gasteiger partial charge is 0.481 e. The van der Waals surface area contributed by atoms with Crippen molar-refractivity contribution in [2.75, 3.05) is 13.1 Å². The molecule has 7 heteroatoms. The Labute approximate surface area is 207 Å². The van der Waals surface area contributed by atoms with Gasteiger partial charge in [-0.1, -0.05) is 39.7 Å². The number of aromatic nitrogens is 2. The zero-order chi connectivity index (χ0) is 25.3. The molecular formula is C28H39F2N3O2. The van der Waals surface area contributed by atoms with Gasteiger partial charge in [0.1, 0.15) is 0 Å². The summed E-state index contributed by atoms with van der Waals surface area (Å²) in [6, 6.07) is 6.07. The number of rotatable bonds is 7. The molecule has 5 nitrogen and oxygen atoms in total. The van der Waals surface area contributed by atoms with Crippen molar-refractivity contribution < 1.29 is 18.7 Å². The average molecular weight is 488 g/mol. The highest BCUT2D eigenvalue weighted by Gasteiger charge is 2.48. The van der Waals surface area contributed by atoms with Gasteiger partial charge in [-0.25, -0.2) is 8.78 Å². The number of benzene rings is 1. The Morgan fingerprint density at radius 3 is 2.49 bits per heavy atom. The van der Waals surface area contributed by atoms with Gasteiger partial charge in [0.25, 0.3) is 0 Å². The van der Waals surface area contributed by atoms with Crippen LogP contribution in [0, 0.1) is 22.7 Å². The number of hydrogen-bond donors (Lipinski definition) is 1. The number of aliphatic carboxylic acids is 1. The monoisotopic (exact) mass is 487 g/mol. The quantitative estimate of drug-likeness (QED) is 0.479. The Morgan fingerprint density at radius 2 is 1.83 bits per heavy atom. The maximum absolute atomic E-state index is 13.5. The van der Waals surface area contributed by atoms with Crippen molar-refractivity contribution in [2.24, 2.45) is 22.7 Å². The number of alkyl halides is 2. The molecule has 2 heterocycles. The molecule has 1 saturated heterocycles. The van der Waals surface area contributed by atoms with E-state index in [4.69, 9.17) is 0 Å². The molecule has 1 aliphatic carbocycles. The van der Waals surface area contributed by atoms with Crippen molar-refractivity contribution in [3.8, 4) is 0 Å². The fourth-order valence-corrected chi connectivity index (χ4v) is 6.03. The topological polar surface area (TPSA) is 66.3 Å². The molecule has 1 N–H and O–H groups in total. The molecule has 4 rings (SSSR count). The lowest BCUT2D eigenvalue weighted by Gasteiger charge is -2.48. The van der Waals surface area contributed by atoms with Crippen molar-refractivity contribution in [3.63, 3.8) is 0 Å². The van der Waals surface area contributed by atoms with Gasteiger partial charge < -0.3 is 5.11 Å². The summed E-state index contributed by atoms with van der Waals surface area (Å²) in [6.45, 7) is 8.63. The summed E-state index contributed by atoms with van der Waals surface area (Å²) in [5.41, 5.74) is 1.98. The molecule has 0 amide bonds. The molecule has 2 aliphatic rings. The number of likely N-dealkylation sites (tertiary alicyclic amines) is 1. The van der Waals surface area contributed by atoms with Gasteiger partial charge >= 0.3 is 5.97 Å². The van der Waals surface area contributed by atoms with E-state index in [9.17, 15) is 18.7 Å². The fourth-order valence-electron chi connectivity index (χ4n) is 6.03. The SMILES string of the molecule is CC(C)(C)[C@H]1CN(Cc2ccc3nccnc3c2)C[C@](CCCC2CCC(F)(F)CC2)(C(=O)O)C1. The third kappa shape index (κ3) is 6.35. The van der Waals surface area contributed by atoms with Crippen LogP contribution in [0.3, 0.4) is 0 Å². The molecule has 35 heavy (non-hydrogen) atoms. The Bertz CT molecular complexity index is 1030. The first-order valence-electron chi connectivity index (χ1n) is 13.0. The second-order valence-electron chi connectivity index (χ2n) is 12.1. The Balaban J connectivity index is 1.48. The van der Waals surface area contributed by atoms with E-state index >= 15 is 0 Å². The first-order valence-corrected chi connectivity index (χ1v) is 13.0. The van der Waals surface area contributed by atoms with Crippen LogP contribution in [0.2, 0.25) is 0 Å². The van der Waals surface area contributed by atoms with Crippen LogP contribution in [-0.4, -0.2) is 45.0 Å². The van der Waals surface area contributed by atoms with Crippen molar-refractivity contribution in [1.29, 1.82) is 0 Å². The number of piperidine rings is 1. The summed E-state index contributed by atoms with van der Waals surface area (Å²) in [5.74, 6) is -2.70. The predicted octanol–water partition coefficient (Wildman–Crippen LogP) is 6.56. The highest BCUT2D eigenvalue weighted by Crippen LogP contribution is 2.46. The molecule has 0 unspecified atom stereocenters. The van der Waals surface area contributed by atoms with Crippen LogP contribution in [0.25, 0.3) is 11.0 Å². The summed E-state index contributed by atoms with van der Waals surface area (Å²) in [7, 11) is 0. The van der Waals surface area contributed by atoms with E-state index < -0.39 is 17.3 Å². The van der Waals surface area contributed by atoms with E-state index in [2.05, 4.69) is 41.7 Å². The number of fused-ring (bicyclic) bond motifs is 1. The minimum Gasteiger partial charge on any atom is -0.481 e. The molecule has 2 atom stereocenters.